The molecule has 0 fully saturated rings. The Kier molecular flexibility index (Phi) is 11.1. The number of β-amino-alcohol motifs (C(OH)–C–C–N with tert-alkyl or cyclic N) is 1. The Balaban J connectivity index is 1.49. The van der Waals surface area contributed by atoms with Crippen molar-refractivity contribution in [2.75, 3.05) is 25.0 Å². The lowest BCUT2D eigenvalue weighted by molar-refractivity contribution is -0.137. The largest absolute Gasteiger partial charge is 0.395 e. The number of aliphatic hydroxyl groups excluding tert-OH is 2. The molecule has 10 heteroatoms. The van der Waals surface area contributed by atoms with Crippen molar-refractivity contribution >= 4 is 23.5 Å². The van der Waals surface area contributed by atoms with Gasteiger partial charge < -0.3 is 36.4 Å². The maximum absolute atomic E-state index is 13.8. The number of fused-ring (bicyclic) bond motifs is 1. The summed E-state index contributed by atoms with van der Waals surface area (Å²) in [4.78, 5) is 40.9. The van der Waals surface area contributed by atoms with E-state index in [1.165, 1.54) is 0 Å². The zero-order valence-corrected chi connectivity index (χ0v) is 25.6. The fourth-order valence-corrected chi connectivity index (χ4v) is 5.29. The Morgan fingerprint density at radius 3 is 2.39 bits per heavy atom. The third-order valence-corrected chi connectivity index (χ3v) is 7.54. The minimum atomic E-state index is -0.701. The molecule has 3 aromatic carbocycles. The van der Waals surface area contributed by atoms with E-state index in [-0.39, 0.29) is 31.4 Å². The summed E-state index contributed by atoms with van der Waals surface area (Å²) in [5, 5.41) is 30.2. The van der Waals surface area contributed by atoms with Gasteiger partial charge in [-0.2, -0.15) is 0 Å². The summed E-state index contributed by atoms with van der Waals surface area (Å²) in [6.07, 6.45) is 0.0366. The van der Waals surface area contributed by atoms with Crippen molar-refractivity contribution in [1.82, 2.24) is 20.9 Å². The van der Waals surface area contributed by atoms with Gasteiger partial charge in [0, 0.05) is 50.1 Å². The number of hydrogen-bond donors (Lipinski definition) is 6. The van der Waals surface area contributed by atoms with Crippen LogP contribution in [0, 0.1) is 0 Å². The molecule has 0 unspecified atom stereocenters. The van der Waals surface area contributed by atoms with Crippen molar-refractivity contribution < 1.29 is 24.6 Å². The number of para-hydroxylation sites is 1. The van der Waals surface area contributed by atoms with Gasteiger partial charge in [-0.3, -0.25) is 9.59 Å². The molecule has 6 N–H and O–H groups in total. The Morgan fingerprint density at radius 2 is 1.68 bits per heavy atom. The lowest BCUT2D eigenvalue weighted by Crippen LogP contribution is -2.51. The Morgan fingerprint density at radius 1 is 1.00 bits per heavy atom. The summed E-state index contributed by atoms with van der Waals surface area (Å²) >= 11 is 0. The molecule has 234 valence electrons. The van der Waals surface area contributed by atoms with Gasteiger partial charge in [-0.25, -0.2) is 4.79 Å². The standard InChI is InChI=1S/C34H43N5O5/c1-23(41)20-36-34(2,3)19-31(42)37-30-18-26-8-4-5-9-27(26)22-39(32(30)43)21-24-12-14-25(15-13-24)28-10-6-7-11-29(28)38-33(44)35-16-17-40/h4-15,23,30,36,40-41H,16-22H2,1-3H3,(H,37,42)(H2,35,38,44)/t23-,30-/m1/s1. The molecule has 1 heterocycles. The molecule has 2 atom stereocenters. The van der Waals surface area contributed by atoms with Gasteiger partial charge in [0.05, 0.1) is 18.4 Å². The van der Waals surface area contributed by atoms with Crippen LogP contribution in [0.15, 0.2) is 72.8 Å². The molecule has 0 aromatic heterocycles. The van der Waals surface area contributed by atoms with Crippen LogP contribution < -0.4 is 21.3 Å². The number of hydrogen-bond acceptors (Lipinski definition) is 6. The summed E-state index contributed by atoms with van der Waals surface area (Å²) in [7, 11) is 0. The first kappa shape index (κ1) is 32.7. The number of amides is 4. The van der Waals surface area contributed by atoms with Crippen LogP contribution in [0.25, 0.3) is 11.1 Å². The number of benzene rings is 3. The number of rotatable bonds is 12. The van der Waals surface area contributed by atoms with Crippen LogP contribution in [-0.2, 0) is 29.1 Å². The second-order valence-corrected chi connectivity index (χ2v) is 11.9. The average Bonchev–Trinajstić information content (AvgIpc) is 3.11. The van der Waals surface area contributed by atoms with Crippen LogP contribution in [0.2, 0.25) is 0 Å². The zero-order valence-electron chi connectivity index (χ0n) is 25.6. The van der Waals surface area contributed by atoms with Crippen molar-refractivity contribution in [2.24, 2.45) is 0 Å². The smallest absolute Gasteiger partial charge is 0.319 e. The van der Waals surface area contributed by atoms with Crippen molar-refractivity contribution in [3.8, 4) is 11.1 Å². The first-order valence-corrected chi connectivity index (χ1v) is 15.0. The third-order valence-electron chi connectivity index (χ3n) is 7.54. The molecule has 0 aliphatic carbocycles. The van der Waals surface area contributed by atoms with Gasteiger partial charge in [0.1, 0.15) is 6.04 Å². The van der Waals surface area contributed by atoms with Gasteiger partial charge >= 0.3 is 6.03 Å². The molecule has 44 heavy (non-hydrogen) atoms. The average molecular weight is 602 g/mol. The number of aliphatic hydroxyl groups is 2. The monoisotopic (exact) mass is 601 g/mol. The fraction of sp³-hybridized carbons (Fsp3) is 0.382. The van der Waals surface area contributed by atoms with Gasteiger partial charge in [-0.15, -0.1) is 0 Å². The summed E-state index contributed by atoms with van der Waals surface area (Å²) in [5.74, 6) is -0.371. The summed E-state index contributed by atoms with van der Waals surface area (Å²) in [6, 6.07) is 22.1. The van der Waals surface area contributed by atoms with Crippen molar-refractivity contribution in [2.45, 2.75) is 64.4 Å². The third kappa shape index (κ3) is 9.12. The minimum Gasteiger partial charge on any atom is -0.395 e. The van der Waals surface area contributed by atoms with E-state index in [2.05, 4.69) is 21.3 Å². The molecule has 0 bridgehead atoms. The van der Waals surface area contributed by atoms with E-state index in [4.69, 9.17) is 5.11 Å². The van der Waals surface area contributed by atoms with Gasteiger partial charge in [-0.1, -0.05) is 66.7 Å². The summed E-state index contributed by atoms with van der Waals surface area (Å²) in [6.45, 7) is 6.66. The number of carbonyl (C=O) groups excluding carboxylic acids is 3. The summed E-state index contributed by atoms with van der Waals surface area (Å²) in [5.41, 5.74) is 4.84. The molecule has 0 saturated heterocycles. The van der Waals surface area contributed by atoms with Gasteiger partial charge in [-0.05, 0) is 49.1 Å². The van der Waals surface area contributed by atoms with E-state index in [1.807, 2.05) is 86.6 Å². The minimum absolute atomic E-state index is 0.142. The number of carbonyl (C=O) groups is 3. The summed E-state index contributed by atoms with van der Waals surface area (Å²) < 4.78 is 0. The normalized spacial score (nSPS) is 15.6. The van der Waals surface area contributed by atoms with E-state index in [0.717, 1.165) is 27.8 Å². The van der Waals surface area contributed by atoms with E-state index >= 15 is 0 Å². The second kappa shape index (κ2) is 15.0. The van der Waals surface area contributed by atoms with E-state index in [1.54, 1.807) is 11.8 Å². The van der Waals surface area contributed by atoms with E-state index in [0.29, 0.717) is 31.7 Å². The van der Waals surface area contributed by atoms with Crippen molar-refractivity contribution in [3.63, 3.8) is 0 Å². The zero-order chi connectivity index (χ0) is 31.7. The molecule has 0 radical (unpaired) electrons. The molecular weight excluding hydrogens is 558 g/mol. The van der Waals surface area contributed by atoms with E-state index < -0.39 is 23.7 Å². The quantitative estimate of drug-likeness (QED) is 0.188. The van der Waals surface area contributed by atoms with Gasteiger partial charge in [0.25, 0.3) is 0 Å². The molecule has 0 spiro atoms. The van der Waals surface area contributed by atoms with Crippen LogP contribution in [-0.4, -0.2) is 70.3 Å². The lowest BCUT2D eigenvalue weighted by atomic mass is 9.98. The number of nitrogens with zero attached hydrogens (tertiary/aromatic N) is 1. The maximum atomic E-state index is 13.8. The highest BCUT2D eigenvalue weighted by Crippen LogP contribution is 2.29. The fourth-order valence-electron chi connectivity index (χ4n) is 5.29. The highest BCUT2D eigenvalue weighted by atomic mass is 16.3. The van der Waals surface area contributed by atoms with Crippen LogP contribution >= 0.6 is 0 Å². The topological polar surface area (TPSA) is 143 Å². The Bertz CT molecular complexity index is 1440. The van der Waals surface area contributed by atoms with Crippen LogP contribution in [0.4, 0.5) is 10.5 Å². The van der Waals surface area contributed by atoms with E-state index in [9.17, 15) is 19.5 Å². The number of urea groups is 1. The molecule has 4 rings (SSSR count). The second-order valence-electron chi connectivity index (χ2n) is 11.9. The molecule has 0 saturated carbocycles. The highest BCUT2D eigenvalue weighted by molar-refractivity contribution is 5.94. The SMILES string of the molecule is C[C@@H](O)CNC(C)(C)CC(=O)N[C@@H]1Cc2ccccc2CN(Cc2ccc(-c3ccccc3NC(=O)NCCO)cc2)C1=O. The van der Waals surface area contributed by atoms with Gasteiger partial charge in [0.15, 0.2) is 0 Å². The molecule has 1 aliphatic heterocycles. The van der Waals surface area contributed by atoms with Crippen molar-refractivity contribution in [1.29, 1.82) is 0 Å². The van der Waals surface area contributed by atoms with Crippen LogP contribution in [0.1, 0.15) is 43.9 Å². The Hall–Kier alpha value is -4.25. The lowest BCUT2D eigenvalue weighted by Gasteiger charge is -2.29. The van der Waals surface area contributed by atoms with Crippen LogP contribution in [0.5, 0.6) is 0 Å². The van der Waals surface area contributed by atoms with Crippen molar-refractivity contribution in [3.05, 3.63) is 89.5 Å². The number of nitrogens with one attached hydrogen (secondary N) is 4. The first-order valence-electron chi connectivity index (χ1n) is 15.0. The van der Waals surface area contributed by atoms with Gasteiger partial charge in [0.2, 0.25) is 11.8 Å². The molecular formula is C34H43N5O5. The number of anilines is 1. The Labute approximate surface area is 258 Å². The molecule has 3 aromatic rings. The predicted molar refractivity (Wildman–Crippen MR) is 171 cm³/mol. The molecule has 4 amide bonds. The highest BCUT2D eigenvalue weighted by Gasteiger charge is 2.32. The molecule has 10 nitrogen and oxygen atoms in total. The molecule has 1 aliphatic rings. The predicted octanol–water partition coefficient (Wildman–Crippen LogP) is 3.18. The van der Waals surface area contributed by atoms with Crippen LogP contribution in [0.3, 0.4) is 0 Å². The first-order chi connectivity index (χ1) is 21.0. The maximum Gasteiger partial charge on any atom is 0.319 e.